The summed E-state index contributed by atoms with van der Waals surface area (Å²) in [4.78, 5) is 2.31. The van der Waals surface area contributed by atoms with Crippen molar-refractivity contribution in [3.05, 3.63) is 0 Å². The first-order valence-corrected chi connectivity index (χ1v) is 5.18. The molecule has 2 atom stereocenters. The van der Waals surface area contributed by atoms with Crippen LogP contribution in [0.3, 0.4) is 0 Å². The van der Waals surface area contributed by atoms with E-state index in [0.29, 0.717) is 18.1 Å². The number of thiocarbonyl (C=S) groups is 1. The quantitative estimate of drug-likeness (QED) is 0.622. The molecule has 2 fully saturated rings. The van der Waals surface area contributed by atoms with Crippen molar-refractivity contribution < 1.29 is 0 Å². The molecule has 3 heteroatoms. The molecule has 68 valence electrons. The molecule has 2 unspecified atom stereocenters. The molecular weight excluding hydrogens is 168 g/mol. The van der Waals surface area contributed by atoms with E-state index in [1.165, 1.54) is 19.3 Å². The monoisotopic (exact) mass is 184 g/mol. The predicted octanol–water partition coefficient (Wildman–Crippen LogP) is 1.51. The number of hydrogen-bond acceptors (Lipinski definition) is 1. The van der Waals surface area contributed by atoms with Gasteiger partial charge in [0.2, 0.25) is 0 Å². The molecule has 0 aromatic heterocycles. The van der Waals surface area contributed by atoms with Gasteiger partial charge in [0.05, 0.1) is 0 Å². The fourth-order valence-electron chi connectivity index (χ4n) is 1.89. The Balaban J connectivity index is 1.85. The lowest BCUT2D eigenvalue weighted by molar-refractivity contribution is 0.122. The molecule has 1 aliphatic carbocycles. The topological polar surface area (TPSA) is 15.3 Å². The van der Waals surface area contributed by atoms with Crippen molar-refractivity contribution in [1.29, 1.82) is 0 Å². The third kappa shape index (κ3) is 1.42. The van der Waals surface area contributed by atoms with Gasteiger partial charge < -0.3 is 10.2 Å². The van der Waals surface area contributed by atoms with Crippen LogP contribution in [0.4, 0.5) is 0 Å². The summed E-state index contributed by atoms with van der Waals surface area (Å²) in [6, 6.07) is 2.00. The molecule has 2 rings (SSSR count). The highest BCUT2D eigenvalue weighted by atomic mass is 32.1. The lowest BCUT2D eigenvalue weighted by Crippen LogP contribution is -2.59. The summed E-state index contributed by atoms with van der Waals surface area (Å²) in [5, 5.41) is 4.35. The minimum atomic E-state index is 0.652. The molecule has 0 spiro atoms. The SMILES string of the molecule is CC1CC(C)N1C(=S)NC1CC1. The minimum absolute atomic E-state index is 0.652. The van der Waals surface area contributed by atoms with Gasteiger partial charge in [-0.2, -0.15) is 0 Å². The van der Waals surface area contributed by atoms with Gasteiger partial charge >= 0.3 is 0 Å². The van der Waals surface area contributed by atoms with E-state index in [9.17, 15) is 0 Å². The fraction of sp³-hybridized carbons (Fsp3) is 0.889. The molecule has 1 saturated carbocycles. The van der Waals surface area contributed by atoms with E-state index in [-0.39, 0.29) is 0 Å². The molecule has 0 radical (unpaired) electrons. The zero-order chi connectivity index (χ0) is 8.72. The second kappa shape index (κ2) is 2.87. The van der Waals surface area contributed by atoms with Crippen LogP contribution >= 0.6 is 12.2 Å². The molecule has 1 saturated heterocycles. The van der Waals surface area contributed by atoms with Crippen molar-refractivity contribution in [2.24, 2.45) is 0 Å². The van der Waals surface area contributed by atoms with Crippen LogP contribution in [-0.2, 0) is 0 Å². The van der Waals surface area contributed by atoms with E-state index in [1.807, 2.05) is 0 Å². The summed E-state index contributed by atoms with van der Waals surface area (Å²) in [6.07, 6.45) is 3.89. The smallest absolute Gasteiger partial charge is 0.169 e. The average molecular weight is 184 g/mol. The van der Waals surface area contributed by atoms with Crippen molar-refractivity contribution >= 4 is 17.3 Å². The van der Waals surface area contributed by atoms with Crippen LogP contribution in [0.5, 0.6) is 0 Å². The van der Waals surface area contributed by atoms with Gasteiger partial charge in [-0.15, -0.1) is 0 Å². The van der Waals surface area contributed by atoms with Crippen LogP contribution in [0.1, 0.15) is 33.1 Å². The second-order valence-electron chi connectivity index (χ2n) is 4.06. The molecular formula is C9H16N2S. The molecule has 2 nitrogen and oxygen atoms in total. The third-order valence-corrected chi connectivity index (χ3v) is 3.10. The number of nitrogens with zero attached hydrogens (tertiary/aromatic N) is 1. The van der Waals surface area contributed by atoms with Crippen LogP contribution < -0.4 is 5.32 Å². The number of likely N-dealkylation sites (tertiary alicyclic amines) is 1. The van der Waals surface area contributed by atoms with Crippen molar-refractivity contribution in [3.8, 4) is 0 Å². The zero-order valence-electron chi connectivity index (χ0n) is 7.71. The summed E-state index contributed by atoms with van der Waals surface area (Å²) in [5.74, 6) is 0. The maximum Gasteiger partial charge on any atom is 0.169 e. The van der Waals surface area contributed by atoms with Gasteiger partial charge in [-0.1, -0.05) is 0 Å². The van der Waals surface area contributed by atoms with Crippen LogP contribution in [0.2, 0.25) is 0 Å². The largest absolute Gasteiger partial charge is 0.360 e. The molecule has 0 amide bonds. The summed E-state index contributed by atoms with van der Waals surface area (Å²) in [5.41, 5.74) is 0. The Bertz CT molecular complexity index is 193. The molecule has 1 N–H and O–H groups in total. The molecule has 1 aliphatic heterocycles. The Morgan fingerprint density at radius 3 is 2.33 bits per heavy atom. The molecule has 2 aliphatic rings. The van der Waals surface area contributed by atoms with E-state index in [2.05, 4.69) is 24.1 Å². The lowest BCUT2D eigenvalue weighted by Gasteiger charge is -2.47. The van der Waals surface area contributed by atoms with Gasteiger partial charge in [-0.25, -0.2) is 0 Å². The number of hydrogen-bond donors (Lipinski definition) is 1. The third-order valence-electron chi connectivity index (χ3n) is 2.77. The summed E-state index contributed by atoms with van der Waals surface area (Å²) in [7, 11) is 0. The van der Waals surface area contributed by atoms with E-state index in [0.717, 1.165) is 5.11 Å². The van der Waals surface area contributed by atoms with Crippen LogP contribution in [0.15, 0.2) is 0 Å². The van der Waals surface area contributed by atoms with Gasteiger partial charge in [0.15, 0.2) is 5.11 Å². The Morgan fingerprint density at radius 2 is 1.92 bits per heavy atom. The Hall–Kier alpha value is -0.310. The number of nitrogens with one attached hydrogen (secondary N) is 1. The summed E-state index contributed by atoms with van der Waals surface area (Å²) in [6.45, 7) is 4.47. The van der Waals surface area contributed by atoms with Gasteiger partial charge in [0, 0.05) is 18.1 Å². The van der Waals surface area contributed by atoms with Crippen molar-refractivity contribution in [2.45, 2.75) is 51.2 Å². The van der Waals surface area contributed by atoms with Crippen molar-refractivity contribution in [1.82, 2.24) is 10.2 Å². The van der Waals surface area contributed by atoms with E-state index in [4.69, 9.17) is 12.2 Å². The highest BCUT2D eigenvalue weighted by molar-refractivity contribution is 7.80. The fourth-order valence-corrected chi connectivity index (χ4v) is 2.42. The van der Waals surface area contributed by atoms with E-state index < -0.39 is 0 Å². The zero-order valence-corrected chi connectivity index (χ0v) is 8.53. The second-order valence-corrected chi connectivity index (χ2v) is 4.45. The van der Waals surface area contributed by atoms with Gasteiger partial charge in [0.1, 0.15) is 0 Å². The standard InChI is InChI=1S/C9H16N2S/c1-6-5-7(2)11(6)9(12)10-8-3-4-8/h6-8H,3-5H2,1-2H3,(H,10,12). The average Bonchev–Trinajstić information content (AvgIpc) is 2.70. The van der Waals surface area contributed by atoms with E-state index >= 15 is 0 Å². The summed E-state index contributed by atoms with van der Waals surface area (Å²) >= 11 is 5.31. The first-order valence-electron chi connectivity index (χ1n) is 4.77. The normalized spacial score (nSPS) is 34.3. The van der Waals surface area contributed by atoms with Crippen LogP contribution in [-0.4, -0.2) is 28.1 Å². The van der Waals surface area contributed by atoms with Gasteiger partial charge in [0.25, 0.3) is 0 Å². The van der Waals surface area contributed by atoms with Crippen LogP contribution in [0.25, 0.3) is 0 Å². The highest BCUT2D eigenvalue weighted by Gasteiger charge is 2.35. The van der Waals surface area contributed by atoms with Gasteiger partial charge in [-0.3, -0.25) is 0 Å². The molecule has 12 heavy (non-hydrogen) atoms. The maximum absolute atomic E-state index is 5.31. The number of rotatable bonds is 1. The molecule has 0 aromatic carbocycles. The lowest BCUT2D eigenvalue weighted by atomic mass is 9.97. The molecule has 0 aromatic rings. The van der Waals surface area contributed by atoms with Crippen molar-refractivity contribution in [3.63, 3.8) is 0 Å². The van der Waals surface area contributed by atoms with Crippen molar-refractivity contribution in [2.75, 3.05) is 0 Å². The Kier molecular flexibility index (Phi) is 1.99. The Morgan fingerprint density at radius 1 is 1.33 bits per heavy atom. The van der Waals surface area contributed by atoms with E-state index in [1.54, 1.807) is 0 Å². The Labute approximate surface area is 79.3 Å². The first-order chi connectivity index (χ1) is 5.68. The molecule has 0 bridgehead atoms. The summed E-state index contributed by atoms with van der Waals surface area (Å²) < 4.78 is 0. The molecule has 1 heterocycles. The minimum Gasteiger partial charge on any atom is -0.360 e. The van der Waals surface area contributed by atoms with Gasteiger partial charge in [-0.05, 0) is 45.3 Å². The first kappa shape index (κ1) is 8.30. The maximum atomic E-state index is 5.31. The predicted molar refractivity (Wildman–Crippen MR) is 54.1 cm³/mol. The highest BCUT2D eigenvalue weighted by Crippen LogP contribution is 2.26. The van der Waals surface area contributed by atoms with Crippen LogP contribution in [0, 0.1) is 0 Å².